The van der Waals surface area contributed by atoms with Gasteiger partial charge in [0, 0.05) is 23.1 Å². The predicted octanol–water partition coefficient (Wildman–Crippen LogP) is 5.28. The van der Waals surface area contributed by atoms with Crippen LogP contribution in [-0.2, 0) is 9.47 Å². The molecule has 1 aliphatic rings. The lowest BCUT2D eigenvalue weighted by Gasteiger charge is -2.12. The molecule has 2 atom stereocenters. The first-order valence-electron chi connectivity index (χ1n) is 9.71. The number of azide groups is 1. The monoisotopic (exact) mass is 358 g/mol. The normalized spacial score (nSPS) is 17.3. The number of aliphatic imine (C=N–C) groups is 1. The fraction of sp³-hybridized carbons (Fsp3) is 0.650. The minimum atomic E-state index is 0.0323. The quantitative estimate of drug-likeness (QED) is 0.208. The molecule has 6 nitrogen and oxygen atoms in total. The third-order valence-electron chi connectivity index (χ3n) is 4.49. The highest BCUT2D eigenvalue weighted by Gasteiger charge is 2.20. The first-order valence-corrected chi connectivity index (χ1v) is 9.71. The van der Waals surface area contributed by atoms with Gasteiger partial charge in [-0.2, -0.15) is 0 Å². The van der Waals surface area contributed by atoms with E-state index >= 15 is 0 Å². The zero-order valence-corrected chi connectivity index (χ0v) is 15.7. The van der Waals surface area contributed by atoms with Crippen molar-refractivity contribution >= 4 is 5.90 Å². The summed E-state index contributed by atoms with van der Waals surface area (Å²) < 4.78 is 11.4. The molecular weight excluding hydrogens is 328 g/mol. The number of hydrogen-bond donors (Lipinski definition) is 0. The molecule has 0 aromatic heterocycles. The van der Waals surface area contributed by atoms with Crippen molar-refractivity contribution in [2.24, 2.45) is 10.1 Å². The summed E-state index contributed by atoms with van der Waals surface area (Å²) in [6.45, 7) is 3.89. The molecular formula is C20H30N4O2. The summed E-state index contributed by atoms with van der Waals surface area (Å²) in [5.74, 6) is 0.693. The minimum Gasteiger partial charge on any atom is -0.475 e. The lowest BCUT2D eigenvalue weighted by atomic mass is 10.1. The lowest BCUT2D eigenvalue weighted by Crippen LogP contribution is -2.17. The molecule has 0 saturated carbocycles. The smallest absolute Gasteiger partial charge is 0.216 e. The Balaban J connectivity index is 1.63. The summed E-state index contributed by atoms with van der Waals surface area (Å²) in [7, 11) is 0. The van der Waals surface area contributed by atoms with E-state index in [0.717, 1.165) is 24.8 Å². The second kappa shape index (κ2) is 12.3. The Kier molecular flexibility index (Phi) is 9.62. The second-order valence-electron chi connectivity index (χ2n) is 6.69. The topological polar surface area (TPSA) is 79.6 Å². The van der Waals surface area contributed by atoms with E-state index in [1.54, 1.807) is 0 Å². The van der Waals surface area contributed by atoms with Crippen molar-refractivity contribution in [1.29, 1.82) is 0 Å². The van der Waals surface area contributed by atoms with Gasteiger partial charge in [0.1, 0.15) is 12.6 Å². The van der Waals surface area contributed by atoms with Crippen molar-refractivity contribution in [3.63, 3.8) is 0 Å². The highest BCUT2D eigenvalue weighted by Crippen LogP contribution is 2.14. The van der Waals surface area contributed by atoms with Gasteiger partial charge in [0.15, 0.2) is 0 Å². The Morgan fingerprint density at radius 1 is 1.23 bits per heavy atom. The molecule has 0 bridgehead atoms. The molecule has 0 spiro atoms. The van der Waals surface area contributed by atoms with Gasteiger partial charge >= 0.3 is 0 Å². The van der Waals surface area contributed by atoms with Gasteiger partial charge in [-0.1, -0.05) is 62.3 Å². The lowest BCUT2D eigenvalue weighted by molar-refractivity contribution is 0.106. The number of unbranched alkanes of at least 4 members (excludes halogenated alkanes) is 4. The van der Waals surface area contributed by atoms with Crippen LogP contribution in [0.15, 0.2) is 40.4 Å². The second-order valence-corrected chi connectivity index (χ2v) is 6.69. The van der Waals surface area contributed by atoms with E-state index in [4.69, 9.17) is 15.0 Å². The maximum atomic E-state index is 8.73. The minimum absolute atomic E-state index is 0.0323. The van der Waals surface area contributed by atoms with Gasteiger partial charge in [-0.25, -0.2) is 4.99 Å². The average Bonchev–Trinajstić information content (AvgIpc) is 3.14. The average molecular weight is 358 g/mol. The van der Waals surface area contributed by atoms with Gasteiger partial charge in [-0.05, 0) is 30.5 Å². The standard InChI is InChI=1S/C20H30N4O2/c1-2-3-4-5-9-12-18(23-24-21)13-14-25-15-19-16-26-20(22-19)17-10-7-6-8-11-17/h6-8,10-11,18-19H,2-5,9,12-16H2,1H3/t18?,19-/m1/s1. The molecule has 1 heterocycles. The van der Waals surface area contributed by atoms with Gasteiger partial charge < -0.3 is 9.47 Å². The number of benzene rings is 1. The van der Waals surface area contributed by atoms with Gasteiger partial charge in [0.05, 0.1) is 6.61 Å². The molecule has 0 amide bonds. The molecule has 6 heteroatoms. The first-order chi connectivity index (χ1) is 12.8. The van der Waals surface area contributed by atoms with Crippen LogP contribution >= 0.6 is 0 Å². The van der Waals surface area contributed by atoms with Crippen molar-refractivity contribution in [2.45, 2.75) is 64.0 Å². The van der Waals surface area contributed by atoms with E-state index in [9.17, 15) is 0 Å². The molecule has 2 rings (SSSR count). The van der Waals surface area contributed by atoms with Crippen LogP contribution in [0.3, 0.4) is 0 Å². The molecule has 1 aromatic carbocycles. The third kappa shape index (κ3) is 7.46. The first kappa shape index (κ1) is 20.3. The van der Waals surface area contributed by atoms with E-state index in [1.165, 1.54) is 25.7 Å². The van der Waals surface area contributed by atoms with Gasteiger partial charge in [-0.15, -0.1) is 0 Å². The molecule has 1 unspecified atom stereocenters. The van der Waals surface area contributed by atoms with E-state index in [0.29, 0.717) is 25.7 Å². The summed E-state index contributed by atoms with van der Waals surface area (Å²) in [6, 6.07) is 9.98. The van der Waals surface area contributed by atoms with Crippen molar-refractivity contribution < 1.29 is 9.47 Å². The fourth-order valence-electron chi connectivity index (χ4n) is 2.99. The zero-order chi connectivity index (χ0) is 18.5. The summed E-state index contributed by atoms with van der Waals surface area (Å²) in [5, 5.41) is 3.91. The van der Waals surface area contributed by atoms with Crippen LogP contribution in [-0.4, -0.2) is 37.8 Å². The molecule has 0 fully saturated rings. The molecule has 1 aromatic rings. The van der Waals surface area contributed by atoms with Crippen molar-refractivity contribution in [3.8, 4) is 0 Å². The number of rotatable bonds is 13. The summed E-state index contributed by atoms with van der Waals surface area (Å²) in [5.41, 5.74) is 9.73. The van der Waals surface area contributed by atoms with Gasteiger partial charge in [0.25, 0.3) is 0 Å². The van der Waals surface area contributed by atoms with Crippen LogP contribution in [0.5, 0.6) is 0 Å². The van der Waals surface area contributed by atoms with Crippen LogP contribution in [0.2, 0.25) is 0 Å². The molecule has 142 valence electrons. The predicted molar refractivity (Wildman–Crippen MR) is 104 cm³/mol. The van der Waals surface area contributed by atoms with Gasteiger partial charge in [0.2, 0.25) is 5.90 Å². The van der Waals surface area contributed by atoms with E-state index in [1.807, 2.05) is 30.3 Å². The van der Waals surface area contributed by atoms with Crippen LogP contribution in [0.4, 0.5) is 0 Å². The van der Waals surface area contributed by atoms with Crippen molar-refractivity contribution in [1.82, 2.24) is 0 Å². The van der Waals surface area contributed by atoms with Crippen LogP contribution in [0.25, 0.3) is 10.4 Å². The summed E-state index contributed by atoms with van der Waals surface area (Å²) in [6.07, 6.45) is 7.82. The third-order valence-corrected chi connectivity index (χ3v) is 4.49. The van der Waals surface area contributed by atoms with E-state index < -0.39 is 0 Å². The molecule has 0 aliphatic carbocycles. The summed E-state index contributed by atoms with van der Waals surface area (Å²) >= 11 is 0. The highest BCUT2D eigenvalue weighted by molar-refractivity contribution is 5.95. The van der Waals surface area contributed by atoms with E-state index in [-0.39, 0.29) is 12.1 Å². The number of ether oxygens (including phenoxy) is 2. The molecule has 0 radical (unpaired) electrons. The fourth-order valence-corrected chi connectivity index (χ4v) is 2.99. The molecule has 0 N–H and O–H groups in total. The molecule has 0 saturated heterocycles. The van der Waals surface area contributed by atoms with Gasteiger partial charge in [-0.3, -0.25) is 0 Å². The highest BCUT2D eigenvalue weighted by atomic mass is 16.5. The largest absolute Gasteiger partial charge is 0.475 e. The van der Waals surface area contributed by atoms with Crippen LogP contribution in [0.1, 0.15) is 57.4 Å². The maximum Gasteiger partial charge on any atom is 0.216 e. The Hall–Kier alpha value is -2.04. The Morgan fingerprint density at radius 2 is 2.04 bits per heavy atom. The number of hydrogen-bond acceptors (Lipinski definition) is 4. The van der Waals surface area contributed by atoms with Crippen LogP contribution in [0, 0.1) is 0 Å². The Morgan fingerprint density at radius 3 is 2.81 bits per heavy atom. The number of nitrogens with zero attached hydrogens (tertiary/aromatic N) is 4. The molecule has 26 heavy (non-hydrogen) atoms. The van der Waals surface area contributed by atoms with Crippen LogP contribution < -0.4 is 0 Å². The maximum absolute atomic E-state index is 8.73. The SMILES string of the molecule is CCCCCCCC(CCOC[C@@H]1COC(c2ccccc2)=N1)N=[N+]=[N-]. The Labute approximate surface area is 156 Å². The molecule has 1 aliphatic heterocycles. The summed E-state index contributed by atoms with van der Waals surface area (Å²) in [4.78, 5) is 7.56. The Bertz CT molecular complexity index is 585. The van der Waals surface area contributed by atoms with Crippen molar-refractivity contribution in [2.75, 3.05) is 19.8 Å². The van der Waals surface area contributed by atoms with Crippen molar-refractivity contribution in [3.05, 3.63) is 46.3 Å². The van der Waals surface area contributed by atoms with E-state index in [2.05, 4.69) is 21.9 Å². The zero-order valence-electron chi connectivity index (χ0n) is 15.7.